The lowest BCUT2D eigenvalue weighted by molar-refractivity contribution is 0.0847. The van der Waals surface area contributed by atoms with Crippen molar-refractivity contribution in [1.29, 1.82) is 0 Å². The fourth-order valence-electron chi connectivity index (χ4n) is 2.13. The van der Waals surface area contributed by atoms with Crippen molar-refractivity contribution in [3.05, 3.63) is 61.3 Å². The second-order valence-corrected chi connectivity index (χ2v) is 6.13. The molecule has 112 valence electrons. The molecule has 1 heterocycles. The third-order valence-corrected chi connectivity index (χ3v) is 4.18. The van der Waals surface area contributed by atoms with E-state index in [2.05, 4.69) is 9.97 Å². The quantitative estimate of drug-likeness (QED) is 0.783. The van der Waals surface area contributed by atoms with E-state index in [1.54, 1.807) is 0 Å². The maximum absolute atomic E-state index is 12.1. The molecule has 0 aliphatic carbocycles. The molecule has 0 aliphatic rings. The Balaban J connectivity index is 2.53. The maximum atomic E-state index is 12.1. The first kappa shape index (κ1) is 16.2. The van der Waals surface area contributed by atoms with E-state index in [-0.39, 0.29) is 17.6 Å². The largest absolute Gasteiger partial charge is 0.366 e. The van der Waals surface area contributed by atoms with Crippen LogP contribution in [0.1, 0.15) is 49.9 Å². The molecular weight excluding hydrogens is 379 g/mol. The molecule has 2 rings (SSSR count). The Labute approximate surface area is 138 Å². The predicted molar refractivity (Wildman–Crippen MR) is 91.6 cm³/mol. The summed E-state index contributed by atoms with van der Waals surface area (Å²) in [5.74, 6) is 0.758. The minimum Gasteiger partial charge on any atom is -0.366 e. The zero-order valence-corrected chi connectivity index (χ0v) is 14.5. The molecule has 1 aromatic heterocycles. The van der Waals surface area contributed by atoms with Crippen molar-refractivity contribution in [3.8, 4) is 0 Å². The molecule has 2 aromatic rings. The second-order valence-electron chi connectivity index (χ2n) is 5.05. The molecule has 0 fully saturated rings. The van der Waals surface area contributed by atoms with Crippen LogP contribution in [0.2, 0.25) is 0 Å². The number of aromatic nitrogens is 2. The number of aromatic amines is 1. The van der Waals surface area contributed by atoms with Crippen LogP contribution >= 0.6 is 22.6 Å². The summed E-state index contributed by atoms with van der Waals surface area (Å²) in [5.41, 5.74) is 1.69. The molecule has 0 radical (unpaired) electrons. The summed E-state index contributed by atoms with van der Waals surface area (Å²) < 4.78 is 6.46. The van der Waals surface area contributed by atoms with Crippen LogP contribution in [0.15, 0.2) is 35.1 Å². The van der Waals surface area contributed by atoms with Crippen molar-refractivity contribution in [1.82, 2.24) is 9.97 Å². The number of rotatable bonds is 5. The number of ether oxygens (including phenoxy) is 1. The van der Waals surface area contributed by atoms with Gasteiger partial charge in [-0.3, -0.25) is 4.79 Å². The minimum absolute atomic E-state index is 0.107. The number of hydrogen-bond acceptors (Lipinski definition) is 3. The van der Waals surface area contributed by atoms with Gasteiger partial charge in [0.2, 0.25) is 0 Å². The average molecular weight is 398 g/mol. The van der Waals surface area contributed by atoms with Crippen LogP contribution in [-0.2, 0) is 4.74 Å². The van der Waals surface area contributed by atoms with E-state index in [9.17, 15) is 4.79 Å². The van der Waals surface area contributed by atoms with E-state index in [0.29, 0.717) is 16.0 Å². The molecule has 0 saturated heterocycles. The lowest BCUT2D eigenvalue weighted by Crippen LogP contribution is -2.22. The van der Waals surface area contributed by atoms with Gasteiger partial charge in [-0.05, 0) is 41.0 Å². The van der Waals surface area contributed by atoms with Crippen molar-refractivity contribution >= 4 is 22.6 Å². The average Bonchev–Trinajstić information content (AvgIpc) is 2.48. The van der Waals surface area contributed by atoms with E-state index >= 15 is 0 Å². The molecule has 1 atom stereocenters. The van der Waals surface area contributed by atoms with E-state index in [0.717, 1.165) is 11.3 Å². The number of nitrogens with one attached hydrogen (secondary N) is 1. The Morgan fingerprint density at radius 2 is 1.95 bits per heavy atom. The molecule has 0 saturated carbocycles. The molecule has 5 heteroatoms. The van der Waals surface area contributed by atoms with Crippen molar-refractivity contribution in [2.45, 2.75) is 32.8 Å². The summed E-state index contributed by atoms with van der Waals surface area (Å²) in [4.78, 5) is 19.6. The first-order valence-electron chi connectivity index (χ1n) is 7.00. The van der Waals surface area contributed by atoms with Crippen molar-refractivity contribution in [2.75, 3.05) is 6.61 Å². The first-order valence-corrected chi connectivity index (χ1v) is 8.08. The third-order valence-electron chi connectivity index (χ3n) is 3.14. The zero-order chi connectivity index (χ0) is 15.4. The number of nitrogens with zero attached hydrogens (tertiary/aromatic N) is 1. The van der Waals surface area contributed by atoms with Gasteiger partial charge < -0.3 is 9.72 Å². The molecule has 1 aromatic carbocycles. The normalized spacial score (nSPS) is 12.6. The molecule has 4 nitrogen and oxygen atoms in total. The van der Waals surface area contributed by atoms with Gasteiger partial charge in [-0.25, -0.2) is 4.98 Å². The number of hydrogen-bond donors (Lipinski definition) is 1. The molecule has 21 heavy (non-hydrogen) atoms. The standard InChI is InChI=1S/C16H19IN2O2/c1-4-21-14(11-8-6-5-7-9-11)15-18-13(10(2)3)12(17)16(20)19-15/h5-10,14H,4H2,1-3H3,(H,18,19,20). The maximum Gasteiger partial charge on any atom is 0.264 e. The smallest absolute Gasteiger partial charge is 0.264 e. The van der Waals surface area contributed by atoms with Gasteiger partial charge in [-0.2, -0.15) is 0 Å². The summed E-state index contributed by atoms with van der Waals surface area (Å²) >= 11 is 2.05. The van der Waals surface area contributed by atoms with Gasteiger partial charge in [0.15, 0.2) is 0 Å². The number of halogens is 1. The molecule has 0 aliphatic heterocycles. The van der Waals surface area contributed by atoms with Crippen LogP contribution in [0.4, 0.5) is 0 Å². The predicted octanol–water partition coefficient (Wildman–Crippen LogP) is 3.62. The van der Waals surface area contributed by atoms with E-state index in [1.165, 1.54) is 0 Å². The SMILES string of the molecule is CCOC(c1ccccc1)c1nc(C(C)C)c(I)c(=O)[nH]1. The van der Waals surface area contributed by atoms with Crippen LogP contribution in [0.25, 0.3) is 0 Å². The zero-order valence-electron chi connectivity index (χ0n) is 12.4. The highest BCUT2D eigenvalue weighted by atomic mass is 127. The van der Waals surface area contributed by atoms with Crippen LogP contribution in [0, 0.1) is 3.57 Å². The van der Waals surface area contributed by atoms with Gasteiger partial charge in [-0.1, -0.05) is 44.2 Å². The molecule has 1 N–H and O–H groups in total. The van der Waals surface area contributed by atoms with Crippen LogP contribution in [-0.4, -0.2) is 16.6 Å². The Bertz CT molecular complexity index is 653. The Hall–Kier alpha value is -1.21. The molecule has 0 spiro atoms. The third kappa shape index (κ3) is 3.71. The lowest BCUT2D eigenvalue weighted by Gasteiger charge is -2.18. The van der Waals surface area contributed by atoms with Gasteiger partial charge >= 0.3 is 0 Å². The van der Waals surface area contributed by atoms with E-state index in [4.69, 9.17) is 4.74 Å². The van der Waals surface area contributed by atoms with Gasteiger partial charge in [0.1, 0.15) is 11.9 Å². The Kier molecular flexibility index (Phi) is 5.52. The first-order chi connectivity index (χ1) is 10.0. The van der Waals surface area contributed by atoms with Crippen molar-refractivity contribution in [2.24, 2.45) is 0 Å². The summed E-state index contributed by atoms with van der Waals surface area (Å²) in [6, 6.07) is 9.82. The highest BCUT2D eigenvalue weighted by molar-refractivity contribution is 14.1. The summed E-state index contributed by atoms with van der Waals surface area (Å²) in [6.07, 6.45) is -0.349. The Morgan fingerprint density at radius 1 is 1.29 bits per heavy atom. The molecular formula is C16H19IN2O2. The van der Waals surface area contributed by atoms with Crippen LogP contribution < -0.4 is 5.56 Å². The van der Waals surface area contributed by atoms with Gasteiger partial charge in [0, 0.05) is 6.61 Å². The molecule has 0 amide bonds. The highest BCUT2D eigenvalue weighted by Gasteiger charge is 2.20. The van der Waals surface area contributed by atoms with Crippen molar-refractivity contribution in [3.63, 3.8) is 0 Å². The van der Waals surface area contributed by atoms with Crippen LogP contribution in [0.3, 0.4) is 0 Å². The Morgan fingerprint density at radius 3 is 2.52 bits per heavy atom. The van der Waals surface area contributed by atoms with Crippen molar-refractivity contribution < 1.29 is 4.74 Å². The van der Waals surface area contributed by atoms with E-state index in [1.807, 2.05) is 73.7 Å². The monoisotopic (exact) mass is 398 g/mol. The van der Waals surface area contributed by atoms with Crippen LogP contribution in [0.5, 0.6) is 0 Å². The van der Waals surface area contributed by atoms with Gasteiger partial charge in [-0.15, -0.1) is 0 Å². The second kappa shape index (κ2) is 7.17. The lowest BCUT2D eigenvalue weighted by atomic mass is 10.1. The summed E-state index contributed by atoms with van der Waals surface area (Å²) in [7, 11) is 0. The van der Waals surface area contributed by atoms with Gasteiger partial charge in [0.25, 0.3) is 5.56 Å². The highest BCUT2D eigenvalue weighted by Crippen LogP contribution is 2.24. The van der Waals surface area contributed by atoms with Gasteiger partial charge in [0.05, 0.1) is 9.26 Å². The van der Waals surface area contributed by atoms with E-state index < -0.39 is 0 Å². The summed E-state index contributed by atoms with van der Waals surface area (Å²) in [6.45, 7) is 6.55. The topological polar surface area (TPSA) is 55.0 Å². The number of H-pyrrole nitrogens is 1. The minimum atomic E-state index is -0.349. The molecule has 1 unspecified atom stereocenters. The summed E-state index contributed by atoms with van der Waals surface area (Å²) in [5, 5.41) is 0. The number of benzene rings is 1. The fourth-order valence-corrected chi connectivity index (χ4v) is 3.01. The molecule has 0 bridgehead atoms. The fraction of sp³-hybridized carbons (Fsp3) is 0.375.